The molecule has 2 aliphatic heterocycles. The average Bonchev–Trinajstić information content (AvgIpc) is 2.81. The number of esters is 1. The van der Waals surface area contributed by atoms with Crippen molar-refractivity contribution < 1.29 is 14.3 Å². The number of fused-ring (bicyclic) bond motifs is 5. The summed E-state index contributed by atoms with van der Waals surface area (Å²) in [6, 6.07) is 27.9. The number of benzene rings is 4. The monoisotopic (exact) mass is 433 g/mol. The maximum atomic E-state index is 13.2. The van der Waals surface area contributed by atoms with Crippen LogP contribution in [0.25, 0.3) is 0 Å². The second kappa shape index (κ2) is 7.24. The van der Waals surface area contributed by atoms with Crippen molar-refractivity contribution in [3.8, 4) is 11.5 Å². The molecule has 4 nitrogen and oxygen atoms in total. The molecule has 4 aromatic rings. The zero-order chi connectivity index (χ0) is 22.6. The number of para-hydroxylation sites is 1. The molecule has 162 valence electrons. The van der Waals surface area contributed by atoms with E-state index in [9.17, 15) is 4.79 Å². The Morgan fingerprint density at radius 3 is 2.42 bits per heavy atom. The minimum absolute atomic E-state index is 0.311. The van der Waals surface area contributed by atoms with Gasteiger partial charge in [0.1, 0.15) is 11.5 Å². The van der Waals surface area contributed by atoms with E-state index < -0.39 is 5.60 Å². The fourth-order valence-electron chi connectivity index (χ4n) is 4.90. The van der Waals surface area contributed by atoms with Crippen molar-refractivity contribution in [2.24, 2.45) is 0 Å². The quantitative estimate of drug-likeness (QED) is 0.353. The molecule has 2 heterocycles. The van der Waals surface area contributed by atoms with E-state index in [4.69, 9.17) is 9.47 Å². The van der Waals surface area contributed by atoms with Crippen molar-refractivity contribution in [3.05, 3.63) is 118 Å². The number of nitrogens with one attached hydrogen (secondary N) is 1. The van der Waals surface area contributed by atoms with E-state index in [-0.39, 0.29) is 5.97 Å². The molecule has 0 amide bonds. The van der Waals surface area contributed by atoms with Gasteiger partial charge in [-0.15, -0.1) is 0 Å². The van der Waals surface area contributed by atoms with Gasteiger partial charge in [0, 0.05) is 28.9 Å². The Kier molecular flexibility index (Phi) is 4.31. The molecule has 2 aliphatic rings. The average molecular weight is 434 g/mol. The molecule has 4 heteroatoms. The molecule has 0 aromatic heterocycles. The lowest BCUT2D eigenvalue weighted by molar-refractivity contribution is -0.0112. The van der Waals surface area contributed by atoms with Crippen molar-refractivity contribution in [1.29, 1.82) is 0 Å². The summed E-state index contributed by atoms with van der Waals surface area (Å²) in [5.74, 6) is 1.14. The highest BCUT2D eigenvalue weighted by Gasteiger charge is 2.49. The summed E-state index contributed by atoms with van der Waals surface area (Å²) in [5.41, 5.74) is 6.46. The summed E-state index contributed by atoms with van der Waals surface area (Å²) >= 11 is 0. The molecule has 0 fully saturated rings. The van der Waals surface area contributed by atoms with E-state index in [1.165, 1.54) is 0 Å². The van der Waals surface area contributed by atoms with Crippen LogP contribution < -0.4 is 10.1 Å². The first kappa shape index (κ1) is 19.6. The Labute approximate surface area is 192 Å². The van der Waals surface area contributed by atoms with E-state index in [1.807, 2.05) is 85.8 Å². The van der Waals surface area contributed by atoms with Crippen LogP contribution in [0.5, 0.6) is 11.5 Å². The van der Waals surface area contributed by atoms with E-state index in [2.05, 4.69) is 18.3 Å². The molecular weight excluding hydrogens is 410 g/mol. The van der Waals surface area contributed by atoms with Crippen LogP contribution in [0.15, 0.2) is 84.9 Å². The van der Waals surface area contributed by atoms with Crippen molar-refractivity contribution in [2.45, 2.75) is 25.9 Å². The highest BCUT2D eigenvalue weighted by atomic mass is 16.6. The molecule has 0 bridgehead atoms. The number of hydrogen-bond donors (Lipinski definition) is 1. The third kappa shape index (κ3) is 3.10. The third-order valence-electron chi connectivity index (χ3n) is 6.55. The Bertz CT molecular complexity index is 1410. The first-order valence-corrected chi connectivity index (χ1v) is 11.1. The Hall–Kier alpha value is -4.05. The Morgan fingerprint density at radius 2 is 1.58 bits per heavy atom. The van der Waals surface area contributed by atoms with Gasteiger partial charge in [0.05, 0.1) is 5.56 Å². The van der Waals surface area contributed by atoms with Crippen LogP contribution in [-0.4, -0.2) is 5.97 Å². The predicted molar refractivity (Wildman–Crippen MR) is 128 cm³/mol. The van der Waals surface area contributed by atoms with Crippen molar-refractivity contribution in [2.75, 3.05) is 5.32 Å². The molecule has 6 rings (SSSR count). The predicted octanol–water partition coefficient (Wildman–Crippen LogP) is 6.81. The third-order valence-corrected chi connectivity index (χ3v) is 6.55. The van der Waals surface area contributed by atoms with Crippen molar-refractivity contribution in [1.82, 2.24) is 0 Å². The molecular formula is C29H23NO3. The topological polar surface area (TPSA) is 47.6 Å². The maximum Gasteiger partial charge on any atom is 0.339 e. The van der Waals surface area contributed by atoms with Crippen LogP contribution in [0.2, 0.25) is 0 Å². The second-order valence-corrected chi connectivity index (χ2v) is 8.81. The van der Waals surface area contributed by atoms with Gasteiger partial charge in [0.25, 0.3) is 0 Å². The van der Waals surface area contributed by atoms with E-state index >= 15 is 0 Å². The molecule has 33 heavy (non-hydrogen) atoms. The van der Waals surface area contributed by atoms with Gasteiger partial charge < -0.3 is 14.8 Å². The van der Waals surface area contributed by atoms with Crippen LogP contribution in [0.1, 0.15) is 38.2 Å². The fraction of sp³-hybridized carbons (Fsp3) is 0.138. The van der Waals surface area contributed by atoms with Crippen molar-refractivity contribution in [3.63, 3.8) is 0 Å². The number of carbonyl (C=O) groups excluding carboxylic acids is 1. The summed E-state index contributed by atoms with van der Waals surface area (Å²) in [6.07, 6.45) is 0.551. The largest absolute Gasteiger partial charge is 0.456 e. The second-order valence-electron chi connectivity index (χ2n) is 8.81. The van der Waals surface area contributed by atoms with Crippen LogP contribution in [0.4, 0.5) is 11.4 Å². The van der Waals surface area contributed by atoms with Gasteiger partial charge in [-0.25, -0.2) is 4.79 Å². The molecule has 1 spiro atoms. The zero-order valence-corrected chi connectivity index (χ0v) is 18.5. The van der Waals surface area contributed by atoms with Crippen LogP contribution in [-0.2, 0) is 16.8 Å². The lowest BCUT2D eigenvalue weighted by Crippen LogP contribution is -2.42. The summed E-state index contributed by atoms with van der Waals surface area (Å²) in [6.45, 7) is 4.08. The van der Waals surface area contributed by atoms with E-state index in [1.54, 1.807) is 0 Å². The number of aryl methyl sites for hydroxylation is 2. The van der Waals surface area contributed by atoms with Gasteiger partial charge in [0.15, 0.2) is 5.60 Å². The van der Waals surface area contributed by atoms with Gasteiger partial charge in [-0.3, -0.25) is 0 Å². The summed E-state index contributed by atoms with van der Waals surface area (Å²) in [7, 11) is 0. The maximum absolute atomic E-state index is 13.2. The van der Waals surface area contributed by atoms with E-state index in [0.29, 0.717) is 12.0 Å². The van der Waals surface area contributed by atoms with E-state index in [0.717, 1.165) is 50.7 Å². The number of anilines is 2. The fourth-order valence-corrected chi connectivity index (χ4v) is 4.90. The summed E-state index contributed by atoms with van der Waals surface area (Å²) in [4.78, 5) is 13.2. The van der Waals surface area contributed by atoms with Crippen molar-refractivity contribution >= 4 is 17.3 Å². The minimum Gasteiger partial charge on any atom is -0.456 e. The standard InChI is InChI=1S/C29H23NO3/c1-18-12-13-23-26(14-18)32-27-15-19(2)25(30-21-9-4-3-5-10-21)16-24(27)29(23)17-20-8-6-7-11-22(20)28(31)33-29/h3-16,30H,17H2,1-2H3. The highest BCUT2D eigenvalue weighted by molar-refractivity contribution is 5.93. The minimum atomic E-state index is -0.955. The summed E-state index contributed by atoms with van der Waals surface area (Å²) in [5, 5.41) is 3.51. The number of carbonyl (C=O) groups is 1. The number of ether oxygens (including phenoxy) is 2. The highest BCUT2D eigenvalue weighted by Crippen LogP contribution is 2.54. The molecule has 1 unspecified atom stereocenters. The smallest absolute Gasteiger partial charge is 0.339 e. The van der Waals surface area contributed by atoms with Crippen LogP contribution in [0, 0.1) is 13.8 Å². The lowest BCUT2D eigenvalue weighted by atomic mass is 9.75. The molecule has 4 aromatic carbocycles. The van der Waals surface area contributed by atoms with Gasteiger partial charge in [0.2, 0.25) is 0 Å². The molecule has 1 N–H and O–H groups in total. The molecule has 0 radical (unpaired) electrons. The van der Waals surface area contributed by atoms with Crippen LogP contribution in [0.3, 0.4) is 0 Å². The number of hydrogen-bond acceptors (Lipinski definition) is 4. The van der Waals surface area contributed by atoms with Gasteiger partial charge >= 0.3 is 5.97 Å². The Balaban J connectivity index is 1.57. The normalized spacial score (nSPS) is 17.9. The van der Waals surface area contributed by atoms with Gasteiger partial charge in [-0.2, -0.15) is 0 Å². The first-order chi connectivity index (χ1) is 16.0. The molecule has 0 aliphatic carbocycles. The zero-order valence-electron chi connectivity index (χ0n) is 18.5. The van der Waals surface area contributed by atoms with Crippen LogP contribution >= 0.6 is 0 Å². The SMILES string of the molecule is Cc1ccc2c(c1)Oc1cc(C)c(Nc3ccccc3)cc1C21Cc2ccccc2C(=O)O1. The summed E-state index contributed by atoms with van der Waals surface area (Å²) < 4.78 is 12.7. The molecule has 0 saturated carbocycles. The van der Waals surface area contributed by atoms with Gasteiger partial charge in [-0.05, 0) is 66.9 Å². The number of rotatable bonds is 2. The first-order valence-electron chi connectivity index (χ1n) is 11.1. The molecule has 0 saturated heterocycles. The lowest BCUT2D eigenvalue weighted by Gasteiger charge is -2.42. The van der Waals surface area contributed by atoms with Gasteiger partial charge in [-0.1, -0.05) is 48.5 Å². The molecule has 1 atom stereocenters. The Morgan fingerprint density at radius 1 is 0.818 bits per heavy atom.